The van der Waals surface area contributed by atoms with Gasteiger partial charge >= 0.3 is 5.97 Å². The molecule has 112 valence electrons. The van der Waals surface area contributed by atoms with Crippen LogP contribution in [0, 0.1) is 5.82 Å². The number of ketones is 1. The highest BCUT2D eigenvalue weighted by molar-refractivity contribution is 6.06. The highest BCUT2D eigenvalue weighted by Crippen LogP contribution is 2.12. The van der Waals surface area contributed by atoms with Gasteiger partial charge in [0.1, 0.15) is 5.82 Å². The standard InChI is InChI=1S/C17H14FNO3/c1-19-11-12(10-15(19)7-9-17(21)22)2-8-16(20)13-3-5-14(18)6-4-13/h2-11H,1H3,(H,21,22)/b8-2+,9-7+. The fraction of sp³-hybridized carbons (Fsp3) is 0.0588. The van der Waals surface area contributed by atoms with Crippen LogP contribution < -0.4 is 0 Å². The number of carboxylic acids is 1. The Kier molecular flexibility index (Phi) is 4.68. The van der Waals surface area contributed by atoms with Gasteiger partial charge in [0, 0.05) is 30.6 Å². The summed E-state index contributed by atoms with van der Waals surface area (Å²) >= 11 is 0. The van der Waals surface area contributed by atoms with Crippen LogP contribution in [0.5, 0.6) is 0 Å². The largest absolute Gasteiger partial charge is 0.478 e. The van der Waals surface area contributed by atoms with E-state index in [-0.39, 0.29) is 5.78 Å². The van der Waals surface area contributed by atoms with Gasteiger partial charge in [-0.25, -0.2) is 9.18 Å². The van der Waals surface area contributed by atoms with Crippen LogP contribution in [0.2, 0.25) is 0 Å². The normalized spacial score (nSPS) is 11.4. The minimum Gasteiger partial charge on any atom is -0.478 e. The fourth-order valence-electron chi connectivity index (χ4n) is 1.90. The zero-order valence-corrected chi connectivity index (χ0v) is 11.9. The molecule has 0 fully saturated rings. The zero-order valence-electron chi connectivity index (χ0n) is 11.9. The van der Waals surface area contributed by atoms with Crippen LogP contribution >= 0.6 is 0 Å². The molecule has 1 aromatic heterocycles. The van der Waals surface area contributed by atoms with Gasteiger partial charge in [0.2, 0.25) is 0 Å². The second kappa shape index (κ2) is 6.67. The molecule has 1 aromatic carbocycles. The molecular weight excluding hydrogens is 285 g/mol. The number of carbonyl (C=O) groups excluding carboxylic acids is 1. The molecule has 4 nitrogen and oxygen atoms in total. The van der Waals surface area contributed by atoms with Crippen LogP contribution in [-0.4, -0.2) is 21.4 Å². The summed E-state index contributed by atoms with van der Waals surface area (Å²) in [5, 5.41) is 8.61. The second-order valence-corrected chi connectivity index (χ2v) is 4.69. The molecule has 22 heavy (non-hydrogen) atoms. The maximum atomic E-state index is 12.8. The maximum absolute atomic E-state index is 12.8. The zero-order chi connectivity index (χ0) is 16.1. The minimum absolute atomic E-state index is 0.230. The van der Waals surface area contributed by atoms with Crippen molar-refractivity contribution in [3.8, 4) is 0 Å². The molecule has 0 atom stereocenters. The Labute approximate surface area is 126 Å². The van der Waals surface area contributed by atoms with Crippen LogP contribution in [0.25, 0.3) is 12.2 Å². The number of aliphatic carboxylic acids is 1. The maximum Gasteiger partial charge on any atom is 0.328 e. The number of nitrogens with zero attached hydrogens (tertiary/aromatic N) is 1. The van der Waals surface area contributed by atoms with Gasteiger partial charge < -0.3 is 9.67 Å². The van der Waals surface area contributed by atoms with Crippen molar-refractivity contribution in [3.05, 3.63) is 71.3 Å². The third-order valence-corrected chi connectivity index (χ3v) is 3.02. The molecule has 0 bridgehead atoms. The molecule has 1 N–H and O–H groups in total. The Morgan fingerprint density at radius 1 is 1.14 bits per heavy atom. The number of hydrogen-bond donors (Lipinski definition) is 1. The smallest absolute Gasteiger partial charge is 0.328 e. The number of benzene rings is 1. The van der Waals surface area contributed by atoms with Crippen molar-refractivity contribution in [2.75, 3.05) is 0 Å². The predicted octanol–water partition coefficient (Wildman–Crippen LogP) is 3.16. The van der Waals surface area contributed by atoms with E-state index in [1.165, 1.54) is 36.4 Å². The number of carboxylic acid groups (broad SMARTS) is 1. The molecule has 2 rings (SSSR count). The number of carbonyl (C=O) groups is 2. The summed E-state index contributed by atoms with van der Waals surface area (Å²) in [7, 11) is 1.78. The van der Waals surface area contributed by atoms with Crippen LogP contribution in [0.3, 0.4) is 0 Å². The Balaban J connectivity index is 2.13. The van der Waals surface area contributed by atoms with E-state index in [0.29, 0.717) is 11.3 Å². The molecule has 1 heterocycles. The molecule has 0 unspecified atom stereocenters. The molecule has 0 aliphatic heterocycles. The summed E-state index contributed by atoms with van der Waals surface area (Å²) in [5.41, 5.74) is 1.87. The van der Waals surface area contributed by atoms with Gasteiger partial charge in [-0.1, -0.05) is 0 Å². The van der Waals surface area contributed by atoms with Crippen molar-refractivity contribution in [2.45, 2.75) is 0 Å². The average molecular weight is 299 g/mol. The van der Waals surface area contributed by atoms with E-state index in [1.807, 2.05) is 0 Å². The first-order chi connectivity index (χ1) is 10.5. The van der Waals surface area contributed by atoms with Crippen LogP contribution in [0.4, 0.5) is 4.39 Å². The predicted molar refractivity (Wildman–Crippen MR) is 81.8 cm³/mol. The lowest BCUT2D eigenvalue weighted by atomic mass is 10.1. The van der Waals surface area contributed by atoms with Crippen molar-refractivity contribution in [1.82, 2.24) is 4.57 Å². The summed E-state index contributed by atoms with van der Waals surface area (Å²) < 4.78 is 14.5. The van der Waals surface area contributed by atoms with Gasteiger partial charge in [0.25, 0.3) is 0 Å². The lowest BCUT2D eigenvalue weighted by Gasteiger charge is -1.94. The lowest BCUT2D eigenvalue weighted by molar-refractivity contribution is -0.131. The number of aromatic nitrogens is 1. The molecule has 0 aliphatic rings. The van der Waals surface area contributed by atoms with E-state index in [9.17, 15) is 14.0 Å². The quantitative estimate of drug-likeness (QED) is 0.681. The van der Waals surface area contributed by atoms with E-state index in [4.69, 9.17) is 5.11 Å². The topological polar surface area (TPSA) is 59.3 Å². The van der Waals surface area contributed by atoms with E-state index < -0.39 is 11.8 Å². The molecular formula is C17H14FNO3. The third kappa shape index (κ3) is 4.02. The molecule has 2 aromatic rings. The summed E-state index contributed by atoms with van der Waals surface area (Å²) in [6, 6.07) is 7.08. The van der Waals surface area contributed by atoms with Crippen molar-refractivity contribution >= 4 is 23.9 Å². The van der Waals surface area contributed by atoms with E-state index in [0.717, 1.165) is 11.6 Å². The van der Waals surface area contributed by atoms with E-state index >= 15 is 0 Å². The fourth-order valence-corrected chi connectivity index (χ4v) is 1.90. The summed E-state index contributed by atoms with van der Waals surface area (Å²) in [4.78, 5) is 22.4. The molecule has 0 aliphatic carbocycles. The van der Waals surface area contributed by atoms with E-state index in [2.05, 4.69) is 0 Å². The summed E-state index contributed by atoms with van der Waals surface area (Å²) in [5.74, 6) is -1.64. The molecule has 0 saturated carbocycles. The first-order valence-corrected chi connectivity index (χ1v) is 6.51. The van der Waals surface area contributed by atoms with Crippen LogP contribution in [-0.2, 0) is 11.8 Å². The van der Waals surface area contributed by atoms with E-state index in [1.54, 1.807) is 30.0 Å². The second-order valence-electron chi connectivity index (χ2n) is 4.69. The molecule has 0 amide bonds. The first kappa shape index (κ1) is 15.4. The SMILES string of the molecule is Cn1cc(/C=C/C(=O)c2ccc(F)cc2)cc1/C=C/C(=O)O. The lowest BCUT2D eigenvalue weighted by Crippen LogP contribution is -1.93. The first-order valence-electron chi connectivity index (χ1n) is 6.51. The number of aryl methyl sites for hydroxylation is 1. The summed E-state index contributed by atoms with van der Waals surface area (Å²) in [6.45, 7) is 0. The highest BCUT2D eigenvalue weighted by Gasteiger charge is 2.03. The van der Waals surface area contributed by atoms with Crippen LogP contribution in [0.1, 0.15) is 21.6 Å². The Hall–Kier alpha value is -2.95. The molecule has 0 spiro atoms. The number of rotatable bonds is 5. The van der Waals surface area contributed by atoms with Crippen molar-refractivity contribution < 1.29 is 19.1 Å². The van der Waals surface area contributed by atoms with Gasteiger partial charge in [0.05, 0.1) is 0 Å². The highest BCUT2D eigenvalue weighted by atomic mass is 19.1. The Bertz CT molecular complexity index is 755. The third-order valence-electron chi connectivity index (χ3n) is 3.02. The van der Waals surface area contributed by atoms with Gasteiger partial charge in [0.15, 0.2) is 5.78 Å². The van der Waals surface area contributed by atoms with Crippen molar-refractivity contribution in [3.63, 3.8) is 0 Å². The van der Waals surface area contributed by atoms with Gasteiger partial charge in [-0.2, -0.15) is 0 Å². The summed E-state index contributed by atoms with van der Waals surface area (Å²) in [6.07, 6.45) is 7.32. The van der Waals surface area contributed by atoms with Crippen LogP contribution in [0.15, 0.2) is 48.7 Å². The van der Waals surface area contributed by atoms with Crippen molar-refractivity contribution in [2.24, 2.45) is 7.05 Å². The number of halogens is 1. The minimum atomic E-state index is -1.02. The van der Waals surface area contributed by atoms with Gasteiger partial charge in [-0.05, 0) is 54.1 Å². The molecule has 0 saturated heterocycles. The molecule has 5 heteroatoms. The van der Waals surface area contributed by atoms with Crippen molar-refractivity contribution in [1.29, 1.82) is 0 Å². The molecule has 0 radical (unpaired) electrons. The van der Waals surface area contributed by atoms with Gasteiger partial charge in [-0.15, -0.1) is 0 Å². The Morgan fingerprint density at radius 3 is 2.45 bits per heavy atom. The number of hydrogen-bond acceptors (Lipinski definition) is 2. The van der Waals surface area contributed by atoms with Gasteiger partial charge in [-0.3, -0.25) is 4.79 Å². The Morgan fingerprint density at radius 2 is 1.82 bits per heavy atom. The number of allylic oxidation sites excluding steroid dienone is 1. The monoisotopic (exact) mass is 299 g/mol. The average Bonchev–Trinajstić information content (AvgIpc) is 2.83.